The van der Waals surface area contributed by atoms with E-state index in [1.54, 1.807) is 0 Å². The number of hydrogen-bond acceptors (Lipinski definition) is 1. The third kappa shape index (κ3) is 8.83. The molecule has 14 valence electrons. The zero-order valence-corrected chi connectivity index (χ0v) is 8.57. The molecule has 0 aliphatic carbocycles. The molecule has 0 aliphatic rings. The van der Waals surface area contributed by atoms with Gasteiger partial charge in [-0.05, 0) is 0 Å². The summed E-state index contributed by atoms with van der Waals surface area (Å²) in [4.78, 5) is 0. The van der Waals surface area contributed by atoms with E-state index in [0.717, 1.165) is 16.6 Å². The van der Waals surface area contributed by atoms with Crippen molar-refractivity contribution in [3.8, 4) is 0 Å². The van der Waals surface area contributed by atoms with Crippen molar-refractivity contribution in [1.29, 1.82) is 0 Å². The quantitative estimate of drug-likeness (QED) is 0.490. The van der Waals surface area contributed by atoms with Gasteiger partial charge in [-0.3, -0.25) is 0 Å². The molecule has 4 heavy (non-hydrogen) atoms. The second-order valence-corrected chi connectivity index (χ2v) is 0. The van der Waals surface area contributed by atoms with Crippen molar-refractivity contribution in [2.45, 2.75) is 0 Å². The summed E-state index contributed by atoms with van der Waals surface area (Å²) in [7, 11) is 4.21. The molecule has 0 bridgehead atoms. The Hall–Kier alpha value is 2.73. The molecule has 0 nitrogen and oxygen atoms in total. The van der Waals surface area contributed by atoms with Gasteiger partial charge in [0.2, 0.25) is 0 Å². The van der Waals surface area contributed by atoms with Gasteiger partial charge < -0.3 is 0 Å². The van der Waals surface area contributed by atoms with Gasteiger partial charge in [0, 0.05) is 19.5 Å². The van der Waals surface area contributed by atoms with Crippen LogP contribution in [-0.2, 0) is 36.0 Å². The Labute approximate surface area is 82.1 Å². The molecule has 0 heterocycles. The average Bonchev–Trinajstić information content (AvgIpc) is 1.00. The fourth-order valence-electron chi connectivity index (χ4n) is 0. The van der Waals surface area contributed by atoms with E-state index in [-0.39, 0.29) is 57.2 Å². The first-order chi connectivity index (χ1) is 1.00. The summed E-state index contributed by atoms with van der Waals surface area (Å²) in [5.41, 5.74) is 0. The minimum Gasteiger partial charge on any atom is 0 e. The number of hydrogen-bond donors (Lipinski definition) is 0. The maximum absolute atomic E-state index is 4.21. The van der Waals surface area contributed by atoms with E-state index in [9.17, 15) is 0 Å². The Bertz CT molecular complexity index is 6.00. The van der Waals surface area contributed by atoms with Gasteiger partial charge in [0.1, 0.15) is 0 Å². The Morgan fingerprint density at radius 3 is 1.25 bits per heavy atom. The van der Waals surface area contributed by atoms with Crippen LogP contribution in [0.3, 0.4) is 0 Å². The van der Waals surface area contributed by atoms with E-state index < -0.39 is 0 Å². The van der Waals surface area contributed by atoms with Crippen molar-refractivity contribution in [3.63, 3.8) is 0 Å². The molecule has 4 heteroatoms. The van der Waals surface area contributed by atoms with Gasteiger partial charge in [0.15, 0.2) is 0 Å². The molecular weight excluding hydrogens is 203 g/mol. The van der Waals surface area contributed by atoms with Gasteiger partial charge in [-0.15, -0.1) is 0 Å². The van der Waals surface area contributed by atoms with Crippen molar-refractivity contribution >= 4 is 47.9 Å². The summed E-state index contributed by atoms with van der Waals surface area (Å²) in [6.07, 6.45) is 0. The molecular formula is H2CaSZn2. The second kappa shape index (κ2) is 17.2. The molecule has 0 unspecified atom stereocenters. The monoisotopic (exact) mass is 202 g/mol. The average molecular weight is 205 g/mol. The predicted molar refractivity (Wildman–Crippen MR) is 16.1 cm³/mol. The molecule has 0 radical (unpaired) electrons. The maximum atomic E-state index is 4.21. The van der Waals surface area contributed by atoms with Gasteiger partial charge in [0.25, 0.3) is 0 Å². The van der Waals surface area contributed by atoms with Gasteiger partial charge in [-0.1, -0.05) is 0 Å². The molecule has 0 aromatic heterocycles. The third-order valence-electron chi connectivity index (χ3n) is 0. The maximum Gasteiger partial charge on any atom is 0 e. The molecule has 0 atom stereocenters. The van der Waals surface area contributed by atoms with E-state index in [0.29, 0.717) is 0 Å². The largest absolute Gasteiger partial charge is 0 e. The Balaban J connectivity index is -0.00000000500. The topological polar surface area (TPSA) is 0 Å². The number of rotatable bonds is 0. The standard InChI is InChI=1S/Ca.S.2Zn.2H. The van der Waals surface area contributed by atoms with E-state index in [4.69, 9.17) is 0 Å². The summed E-state index contributed by atoms with van der Waals surface area (Å²) in [5, 5.41) is 0. The minimum absolute atomic E-state index is 0. The Morgan fingerprint density at radius 2 is 1.25 bits per heavy atom. The van der Waals surface area contributed by atoms with E-state index in [1.807, 2.05) is 0 Å². The van der Waals surface area contributed by atoms with Crippen LogP contribution in [0.15, 0.2) is 0 Å². The SMILES string of the molecule is [CaH2].[S]=[Zn].[Zn]. The summed E-state index contributed by atoms with van der Waals surface area (Å²) < 4.78 is 0. The zero-order chi connectivity index (χ0) is 2.00. The fourth-order valence-corrected chi connectivity index (χ4v) is 0. The van der Waals surface area contributed by atoms with Gasteiger partial charge in [-0.2, -0.15) is 0 Å². The van der Waals surface area contributed by atoms with Crippen LogP contribution in [-0.4, -0.2) is 37.7 Å². The molecule has 0 saturated heterocycles. The smallest absolute Gasteiger partial charge is 0 e. The Morgan fingerprint density at radius 1 is 1.25 bits per heavy atom. The van der Waals surface area contributed by atoms with Crippen molar-refractivity contribution < 1.29 is 36.0 Å². The molecule has 0 aromatic carbocycles. The van der Waals surface area contributed by atoms with E-state index in [2.05, 4.69) is 10.1 Å². The van der Waals surface area contributed by atoms with Crippen LogP contribution in [0.25, 0.3) is 0 Å². The van der Waals surface area contributed by atoms with Crippen LogP contribution in [0.1, 0.15) is 0 Å². The Kier molecular flexibility index (Phi) is 68.3. The summed E-state index contributed by atoms with van der Waals surface area (Å²) in [6, 6.07) is 0. The molecule has 0 amide bonds. The van der Waals surface area contributed by atoms with Gasteiger partial charge in [0.05, 0.1) is 0 Å². The van der Waals surface area contributed by atoms with Crippen molar-refractivity contribution in [1.82, 2.24) is 0 Å². The molecule has 0 rings (SSSR count). The predicted octanol–water partition coefficient (Wildman–Crippen LogP) is -0.273. The van der Waals surface area contributed by atoms with Crippen LogP contribution < -0.4 is 0 Å². The molecule has 0 N–H and O–H groups in total. The van der Waals surface area contributed by atoms with Crippen LogP contribution >= 0.6 is 10.1 Å². The first-order valence-electron chi connectivity index (χ1n) is 0.289. The summed E-state index contributed by atoms with van der Waals surface area (Å²) in [6.45, 7) is 0. The van der Waals surface area contributed by atoms with Crippen LogP contribution in [0.4, 0.5) is 0 Å². The molecule has 0 aliphatic heterocycles. The molecule has 0 aromatic rings. The molecule has 0 saturated carbocycles. The van der Waals surface area contributed by atoms with Crippen LogP contribution in [0.5, 0.6) is 0 Å². The van der Waals surface area contributed by atoms with Crippen molar-refractivity contribution in [2.75, 3.05) is 0 Å². The summed E-state index contributed by atoms with van der Waals surface area (Å²) >= 11 is 0.958. The van der Waals surface area contributed by atoms with Crippen molar-refractivity contribution in [2.24, 2.45) is 0 Å². The first kappa shape index (κ1) is 15.9. The molecule has 0 fully saturated rings. The van der Waals surface area contributed by atoms with Gasteiger partial charge >= 0.3 is 64.4 Å². The fraction of sp³-hybridized carbons (Fsp3) is 0. The van der Waals surface area contributed by atoms with Crippen molar-refractivity contribution in [3.05, 3.63) is 0 Å². The third-order valence-corrected chi connectivity index (χ3v) is 0. The normalized spacial score (nSPS) is 1.50. The van der Waals surface area contributed by atoms with E-state index in [1.165, 1.54) is 0 Å². The second-order valence-electron chi connectivity index (χ2n) is 0. The zero-order valence-electron chi connectivity index (χ0n) is 1.82. The minimum atomic E-state index is 0. The molecule has 0 spiro atoms. The summed E-state index contributed by atoms with van der Waals surface area (Å²) in [5.74, 6) is 0. The van der Waals surface area contributed by atoms with E-state index >= 15 is 0 Å². The van der Waals surface area contributed by atoms with Gasteiger partial charge in [-0.25, -0.2) is 0 Å². The van der Waals surface area contributed by atoms with Crippen LogP contribution in [0.2, 0.25) is 0 Å². The van der Waals surface area contributed by atoms with Crippen LogP contribution in [0, 0.1) is 0 Å². The first-order valence-corrected chi connectivity index (χ1v) is 4.50.